The second-order valence-corrected chi connectivity index (χ2v) is 5.50. The summed E-state index contributed by atoms with van der Waals surface area (Å²) in [5, 5.41) is 3.57. The van der Waals surface area contributed by atoms with E-state index in [0.717, 1.165) is 18.7 Å². The van der Waals surface area contributed by atoms with Crippen molar-refractivity contribution in [3.63, 3.8) is 0 Å². The van der Waals surface area contributed by atoms with Crippen LogP contribution in [0.3, 0.4) is 0 Å². The molecule has 4 nitrogen and oxygen atoms in total. The second-order valence-electron chi connectivity index (χ2n) is 4.69. The van der Waals surface area contributed by atoms with E-state index in [9.17, 15) is 4.79 Å². The summed E-state index contributed by atoms with van der Waals surface area (Å²) in [5.74, 6) is 1.02. The molecule has 0 aliphatic heterocycles. The average Bonchev–Trinajstić information content (AvgIpc) is 3.28. The molecule has 0 unspecified atom stereocenters. The Bertz CT molecular complexity index is 654. The SMILES string of the molecule is O=C(Nc1ccc(Cl)c(Cl)c1)c1cnc(C2CC2)nc1. The molecule has 2 aromatic rings. The number of benzene rings is 1. The van der Waals surface area contributed by atoms with Crippen LogP contribution in [0.25, 0.3) is 0 Å². The standard InChI is InChI=1S/C14H11Cl2N3O/c15-11-4-3-10(5-12(11)16)19-14(20)9-6-17-13(18-7-9)8-1-2-8/h3-8H,1-2H2,(H,19,20). The van der Waals surface area contributed by atoms with Crippen LogP contribution >= 0.6 is 23.2 Å². The molecule has 1 aromatic carbocycles. The predicted octanol–water partition coefficient (Wildman–Crippen LogP) is 3.91. The minimum absolute atomic E-state index is 0.272. The maximum absolute atomic E-state index is 12.0. The molecule has 0 atom stereocenters. The van der Waals surface area contributed by atoms with Crippen LogP contribution in [0, 0.1) is 0 Å². The van der Waals surface area contributed by atoms with Gasteiger partial charge in [-0.2, -0.15) is 0 Å². The van der Waals surface area contributed by atoms with Crippen LogP contribution in [-0.2, 0) is 0 Å². The molecule has 1 N–H and O–H groups in total. The van der Waals surface area contributed by atoms with Gasteiger partial charge < -0.3 is 5.32 Å². The molecule has 102 valence electrons. The summed E-state index contributed by atoms with van der Waals surface area (Å²) < 4.78 is 0. The van der Waals surface area contributed by atoms with Gasteiger partial charge in [-0.15, -0.1) is 0 Å². The van der Waals surface area contributed by atoms with Gasteiger partial charge in [-0.05, 0) is 31.0 Å². The number of carbonyl (C=O) groups is 1. The lowest BCUT2D eigenvalue weighted by Gasteiger charge is -2.06. The minimum atomic E-state index is -0.272. The van der Waals surface area contributed by atoms with Crippen molar-refractivity contribution in [1.29, 1.82) is 0 Å². The number of halogens is 2. The molecular formula is C14H11Cl2N3O. The van der Waals surface area contributed by atoms with Crippen LogP contribution in [0.1, 0.15) is 34.9 Å². The van der Waals surface area contributed by atoms with Gasteiger partial charge in [0.2, 0.25) is 0 Å². The number of nitrogens with zero attached hydrogens (tertiary/aromatic N) is 2. The number of hydrogen-bond donors (Lipinski definition) is 1. The molecule has 6 heteroatoms. The van der Waals surface area contributed by atoms with Crippen molar-refractivity contribution in [1.82, 2.24) is 9.97 Å². The second kappa shape index (κ2) is 5.38. The smallest absolute Gasteiger partial charge is 0.258 e. The Hall–Kier alpha value is -1.65. The third-order valence-corrected chi connectivity index (χ3v) is 3.79. The lowest BCUT2D eigenvalue weighted by Crippen LogP contribution is -2.13. The minimum Gasteiger partial charge on any atom is -0.322 e. The highest BCUT2D eigenvalue weighted by Crippen LogP contribution is 2.37. The number of rotatable bonds is 3. The molecule has 1 aliphatic carbocycles. The van der Waals surface area contributed by atoms with E-state index in [1.165, 1.54) is 0 Å². The zero-order valence-electron chi connectivity index (χ0n) is 10.4. The van der Waals surface area contributed by atoms with E-state index in [4.69, 9.17) is 23.2 Å². The fourth-order valence-corrected chi connectivity index (χ4v) is 2.08. The van der Waals surface area contributed by atoms with E-state index >= 15 is 0 Å². The third kappa shape index (κ3) is 2.92. The Labute approximate surface area is 126 Å². The molecule has 1 saturated carbocycles. The van der Waals surface area contributed by atoms with Crippen molar-refractivity contribution in [3.05, 3.63) is 52.0 Å². The van der Waals surface area contributed by atoms with Crippen LogP contribution in [0.2, 0.25) is 10.0 Å². The summed E-state index contributed by atoms with van der Waals surface area (Å²) in [6, 6.07) is 4.92. The highest BCUT2D eigenvalue weighted by atomic mass is 35.5. The van der Waals surface area contributed by atoms with E-state index in [1.807, 2.05) is 0 Å². The molecule has 0 bridgehead atoms. The molecular weight excluding hydrogens is 297 g/mol. The predicted molar refractivity (Wildman–Crippen MR) is 78.4 cm³/mol. The quantitative estimate of drug-likeness (QED) is 0.935. The van der Waals surface area contributed by atoms with Crippen molar-refractivity contribution in [2.75, 3.05) is 5.32 Å². The number of aromatic nitrogens is 2. The van der Waals surface area contributed by atoms with Crippen molar-refractivity contribution >= 4 is 34.8 Å². The summed E-state index contributed by atoms with van der Waals surface area (Å²) in [7, 11) is 0. The van der Waals surface area contributed by atoms with Crippen molar-refractivity contribution in [2.45, 2.75) is 18.8 Å². The molecule has 0 spiro atoms. The lowest BCUT2D eigenvalue weighted by molar-refractivity contribution is 0.102. The molecule has 1 aromatic heterocycles. The van der Waals surface area contributed by atoms with E-state index in [0.29, 0.717) is 27.2 Å². The highest BCUT2D eigenvalue weighted by Gasteiger charge is 2.26. The maximum Gasteiger partial charge on any atom is 0.258 e. The first kappa shape index (κ1) is 13.3. The molecule has 1 aliphatic rings. The molecule has 0 radical (unpaired) electrons. The molecule has 0 saturated heterocycles. The van der Waals surface area contributed by atoms with Gasteiger partial charge in [0, 0.05) is 24.0 Å². The third-order valence-electron chi connectivity index (χ3n) is 3.05. The molecule has 20 heavy (non-hydrogen) atoms. The Morgan fingerprint density at radius 2 is 1.85 bits per heavy atom. The first-order chi connectivity index (χ1) is 9.63. The lowest BCUT2D eigenvalue weighted by atomic mass is 10.2. The van der Waals surface area contributed by atoms with Gasteiger partial charge in [0.1, 0.15) is 5.82 Å². The Kier molecular flexibility index (Phi) is 3.59. The number of nitrogens with one attached hydrogen (secondary N) is 1. The maximum atomic E-state index is 12.0. The number of hydrogen-bond acceptors (Lipinski definition) is 3. The largest absolute Gasteiger partial charge is 0.322 e. The fraction of sp³-hybridized carbons (Fsp3) is 0.214. The van der Waals surface area contributed by atoms with E-state index in [-0.39, 0.29) is 5.91 Å². The van der Waals surface area contributed by atoms with Gasteiger partial charge in [0.05, 0.1) is 15.6 Å². The number of anilines is 1. The first-order valence-corrected chi connectivity index (χ1v) is 6.97. The fourth-order valence-electron chi connectivity index (χ4n) is 1.78. The number of carbonyl (C=O) groups excluding carboxylic acids is 1. The van der Waals surface area contributed by atoms with Crippen molar-refractivity contribution in [3.8, 4) is 0 Å². The van der Waals surface area contributed by atoms with Gasteiger partial charge in [0.25, 0.3) is 5.91 Å². The summed E-state index contributed by atoms with van der Waals surface area (Å²) >= 11 is 11.7. The zero-order valence-corrected chi connectivity index (χ0v) is 11.9. The summed E-state index contributed by atoms with van der Waals surface area (Å²) in [4.78, 5) is 20.5. The molecule has 1 amide bonds. The normalized spacial score (nSPS) is 14.1. The monoisotopic (exact) mass is 307 g/mol. The van der Waals surface area contributed by atoms with Gasteiger partial charge in [0.15, 0.2) is 0 Å². The van der Waals surface area contributed by atoms with Crippen LogP contribution < -0.4 is 5.32 Å². The first-order valence-electron chi connectivity index (χ1n) is 6.22. The number of amides is 1. The van der Waals surface area contributed by atoms with Gasteiger partial charge in [-0.25, -0.2) is 9.97 Å². The van der Waals surface area contributed by atoms with E-state index in [2.05, 4.69) is 15.3 Å². The van der Waals surface area contributed by atoms with E-state index in [1.54, 1.807) is 30.6 Å². The average molecular weight is 308 g/mol. The topological polar surface area (TPSA) is 54.9 Å². The van der Waals surface area contributed by atoms with Gasteiger partial charge in [-0.1, -0.05) is 23.2 Å². The molecule has 3 rings (SSSR count). The van der Waals surface area contributed by atoms with Crippen LogP contribution in [0.5, 0.6) is 0 Å². The highest BCUT2D eigenvalue weighted by molar-refractivity contribution is 6.42. The zero-order chi connectivity index (χ0) is 14.1. The Morgan fingerprint density at radius 1 is 1.15 bits per heavy atom. The summed E-state index contributed by atoms with van der Waals surface area (Å²) in [5.41, 5.74) is 0.996. The summed E-state index contributed by atoms with van der Waals surface area (Å²) in [6.07, 6.45) is 5.37. The van der Waals surface area contributed by atoms with Gasteiger partial charge >= 0.3 is 0 Å². The Morgan fingerprint density at radius 3 is 2.45 bits per heavy atom. The van der Waals surface area contributed by atoms with Crippen LogP contribution in [0.4, 0.5) is 5.69 Å². The molecule has 1 fully saturated rings. The molecule has 1 heterocycles. The van der Waals surface area contributed by atoms with Gasteiger partial charge in [-0.3, -0.25) is 4.79 Å². The van der Waals surface area contributed by atoms with Crippen LogP contribution in [-0.4, -0.2) is 15.9 Å². The van der Waals surface area contributed by atoms with E-state index < -0.39 is 0 Å². The summed E-state index contributed by atoms with van der Waals surface area (Å²) in [6.45, 7) is 0. The van der Waals surface area contributed by atoms with Crippen molar-refractivity contribution in [2.24, 2.45) is 0 Å². The van der Waals surface area contributed by atoms with Crippen LogP contribution in [0.15, 0.2) is 30.6 Å². The van der Waals surface area contributed by atoms with Crippen molar-refractivity contribution < 1.29 is 4.79 Å². The Balaban J connectivity index is 1.73.